The lowest BCUT2D eigenvalue weighted by atomic mass is 10.1. The van der Waals surface area contributed by atoms with E-state index in [1.165, 1.54) is 0 Å². The van der Waals surface area contributed by atoms with E-state index in [-0.39, 0.29) is 5.91 Å². The van der Waals surface area contributed by atoms with Crippen molar-refractivity contribution in [1.29, 1.82) is 0 Å². The molecule has 1 amide bonds. The van der Waals surface area contributed by atoms with E-state index in [1.54, 1.807) is 0 Å². The molecule has 0 aliphatic carbocycles. The van der Waals surface area contributed by atoms with Crippen LogP contribution in [0.1, 0.15) is 40.2 Å². The molecule has 0 radical (unpaired) electrons. The molecule has 0 atom stereocenters. The highest BCUT2D eigenvalue weighted by Gasteiger charge is 2.17. The van der Waals surface area contributed by atoms with Crippen LogP contribution in [0.3, 0.4) is 0 Å². The summed E-state index contributed by atoms with van der Waals surface area (Å²) < 4.78 is 1.86. The number of carbonyl (C=O) groups is 1. The third-order valence-electron chi connectivity index (χ3n) is 5.39. The zero-order valence-electron chi connectivity index (χ0n) is 17.6. The lowest BCUT2D eigenvalue weighted by Gasteiger charge is -2.11. The molecule has 4 aromatic rings. The van der Waals surface area contributed by atoms with Crippen molar-refractivity contribution in [2.24, 2.45) is 0 Å². The summed E-state index contributed by atoms with van der Waals surface area (Å²) in [6.45, 7) is 8.50. The van der Waals surface area contributed by atoms with Crippen LogP contribution in [0, 0.1) is 27.7 Å². The summed E-state index contributed by atoms with van der Waals surface area (Å²) in [5, 5.41) is 9.29. The van der Waals surface area contributed by atoms with Gasteiger partial charge in [0, 0.05) is 35.1 Å². The van der Waals surface area contributed by atoms with E-state index in [2.05, 4.69) is 28.4 Å². The molecule has 1 N–H and O–H groups in total. The van der Waals surface area contributed by atoms with Crippen molar-refractivity contribution >= 4 is 34.2 Å². The second-order valence-corrected chi connectivity index (χ2v) is 8.12. The minimum absolute atomic E-state index is 0.00682. The fourth-order valence-corrected chi connectivity index (χ4v) is 4.12. The number of halogens is 1. The Labute approximate surface area is 180 Å². The third-order valence-corrected chi connectivity index (χ3v) is 5.63. The molecule has 7 heteroatoms. The van der Waals surface area contributed by atoms with Gasteiger partial charge in [0.2, 0.25) is 5.91 Å². The van der Waals surface area contributed by atoms with Gasteiger partial charge in [-0.2, -0.15) is 0 Å². The van der Waals surface area contributed by atoms with Gasteiger partial charge >= 0.3 is 0 Å². The summed E-state index contributed by atoms with van der Waals surface area (Å²) in [5.41, 5.74) is 7.52. The summed E-state index contributed by atoms with van der Waals surface area (Å²) in [6.07, 6.45) is 0.982. The van der Waals surface area contributed by atoms with Gasteiger partial charge < -0.3 is 5.32 Å². The van der Waals surface area contributed by atoms with E-state index < -0.39 is 0 Å². The van der Waals surface area contributed by atoms with Crippen LogP contribution >= 0.6 is 11.6 Å². The number of amides is 1. The quantitative estimate of drug-likeness (QED) is 0.518. The molecule has 0 fully saturated rings. The van der Waals surface area contributed by atoms with Crippen LogP contribution in [0.15, 0.2) is 30.3 Å². The Morgan fingerprint density at radius 2 is 1.93 bits per heavy atom. The van der Waals surface area contributed by atoms with Crippen molar-refractivity contribution in [1.82, 2.24) is 24.9 Å². The first-order valence-corrected chi connectivity index (χ1v) is 10.3. The van der Waals surface area contributed by atoms with Crippen molar-refractivity contribution in [2.45, 2.75) is 47.1 Å². The molecule has 0 aliphatic rings. The molecular formula is C23H24ClN5O. The van der Waals surface area contributed by atoms with Crippen LogP contribution in [0.25, 0.3) is 16.7 Å². The number of aromatic nitrogens is 4. The van der Waals surface area contributed by atoms with Crippen LogP contribution in [0.2, 0.25) is 5.02 Å². The lowest BCUT2D eigenvalue weighted by molar-refractivity contribution is -0.121. The first-order valence-electron chi connectivity index (χ1n) is 9.97. The molecule has 0 spiro atoms. The van der Waals surface area contributed by atoms with Crippen LogP contribution in [0.5, 0.6) is 0 Å². The van der Waals surface area contributed by atoms with E-state index in [9.17, 15) is 4.79 Å². The molecule has 0 saturated carbocycles. The molecule has 0 bridgehead atoms. The maximum Gasteiger partial charge on any atom is 0.220 e. The predicted molar refractivity (Wildman–Crippen MR) is 119 cm³/mol. The van der Waals surface area contributed by atoms with Crippen molar-refractivity contribution < 1.29 is 4.79 Å². The Morgan fingerprint density at radius 3 is 2.70 bits per heavy atom. The van der Waals surface area contributed by atoms with Gasteiger partial charge in [0.05, 0.1) is 5.39 Å². The first-order chi connectivity index (χ1) is 14.3. The average molecular weight is 422 g/mol. The number of pyridine rings is 1. The summed E-state index contributed by atoms with van der Waals surface area (Å²) in [4.78, 5) is 21.8. The monoisotopic (exact) mass is 421 g/mol. The Kier molecular flexibility index (Phi) is 5.43. The molecular weight excluding hydrogens is 398 g/mol. The maximum absolute atomic E-state index is 12.4. The SMILES string of the molecule is Cc1cc(C)c2c(n1)nn1c(C)c(CCC(=O)NCc3cccc(Cl)c3)c(C)nc21. The number of hydrogen-bond donors (Lipinski definition) is 1. The normalized spacial score (nSPS) is 11.4. The molecule has 1 aromatic carbocycles. The highest BCUT2D eigenvalue weighted by Crippen LogP contribution is 2.25. The van der Waals surface area contributed by atoms with Crippen molar-refractivity contribution in [3.05, 3.63) is 69.1 Å². The van der Waals surface area contributed by atoms with Gasteiger partial charge in [0.1, 0.15) is 0 Å². The summed E-state index contributed by atoms with van der Waals surface area (Å²) in [7, 11) is 0. The zero-order valence-corrected chi connectivity index (χ0v) is 18.3. The van der Waals surface area contributed by atoms with E-state index in [0.717, 1.165) is 44.8 Å². The van der Waals surface area contributed by atoms with Gasteiger partial charge in [0.15, 0.2) is 11.3 Å². The summed E-state index contributed by atoms with van der Waals surface area (Å²) in [6, 6.07) is 9.54. The minimum Gasteiger partial charge on any atom is -0.352 e. The van der Waals surface area contributed by atoms with Gasteiger partial charge in [-0.25, -0.2) is 14.5 Å². The van der Waals surface area contributed by atoms with E-state index in [0.29, 0.717) is 30.1 Å². The Hall–Kier alpha value is -2.99. The number of nitrogens with zero attached hydrogens (tertiary/aromatic N) is 4. The second kappa shape index (κ2) is 8.03. The van der Waals surface area contributed by atoms with Crippen molar-refractivity contribution in [3.63, 3.8) is 0 Å². The number of aryl methyl sites for hydroxylation is 4. The standard InChI is InChI=1S/C23H24ClN5O/c1-13-10-14(2)26-22-21(13)23-27-15(3)19(16(4)29(23)28-22)8-9-20(30)25-12-17-6-5-7-18(24)11-17/h5-7,10-11H,8-9,12H2,1-4H3,(H,25,30). The second-order valence-electron chi connectivity index (χ2n) is 7.68. The molecule has 0 aliphatic heterocycles. The van der Waals surface area contributed by atoms with Crippen LogP contribution in [-0.4, -0.2) is 25.5 Å². The lowest BCUT2D eigenvalue weighted by Crippen LogP contribution is -2.23. The molecule has 154 valence electrons. The topological polar surface area (TPSA) is 72.2 Å². The highest BCUT2D eigenvalue weighted by atomic mass is 35.5. The van der Waals surface area contributed by atoms with E-state index in [1.807, 2.05) is 49.6 Å². The number of carbonyl (C=O) groups excluding carboxylic acids is 1. The predicted octanol–water partition coefficient (Wildman–Crippen LogP) is 4.41. The number of rotatable bonds is 5. The minimum atomic E-state index is -0.00682. The molecule has 6 nitrogen and oxygen atoms in total. The van der Waals surface area contributed by atoms with Crippen LogP contribution in [0.4, 0.5) is 0 Å². The van der Waals surface area contributed by atoms with Crippen LogP contribution < -0.4 is 5.32 Å². The van der Waals surface area contributed by atoms with Crippen molar-refractivity contribution in [2.75, 3.05) is 0 Å². The molecule has 3 heterocycles. The summed E-state index contributed by atoms with van der Waals surface area (Å²) in [5.74, 6) is -0.00682. The van der Waals surface area contributed by atoms with Gasteiger partial charge in [-0.05, 0) is 69.0 Å². The Morgan fingerprint density at radius 1 is 1.13 bits per heavy atom. The molecule has 0 saturated heterocycles. The van der Waals surface area contributed by atoms with Gasteiger partial charge in [-0.3, -0.25) is 4.79 Å². The van der Waals surface area contributed by atoms with Crippen LogP contribution in [-0.2, 0) is 17.8 Å². The number of benzene rings is 1. The summed E-state index contributed by atoms with van der Waals surface area (Å²) >= 11 is 6.00. The maximum atomic E-state index is 12.4. The Bertz CT molecular complexity index is 1280. The average Bonchev–Trinajstić information content (AvgIpc) is 3.04. The first kappa shape index (κ1) is 20.3. The third kappa shape index (κ3) is 3.87. The fraction of sp³-hybridized carbons (Fsp3) is 0.304. The van der Waals surface area contributed by atoms with Gasteiger partial charge in [0.25, 0.3) is 0 Å². The zero-order chi connectivity index (χ0) is 21.4. The molecule has 4 rings (SSSR count). The number of hydrogen-bond acceptors (Lipinski definition) is 4. The van der Waals surface area contributed by atoms with Crippen molar-refractivity contribution in [3.8, 4) is 0 Å². The molecule has 3 aromatic heterocycles. The number of fused-ring (bicyclic) bond motifs is 3. The Balaban J connectivity index is 1.55. The van der Waals surface area contributed by atoms with Gasteiger partial charge in [-0.15, -0.1) is 5.10 Å². The van der Waals surface area contributed by atoms with Gasteiger partial charge in [-0.1, -0.05) is 23.7 Å². The smallest absolute Gasteiger partial charge is 0.220 e. The van der Waals surface area contributed by atoms with E-state index >= 15 is 0 Å². The molecule has 0 unspecified atom stereocenters. The molecule has 30 heavy (non-hydrogen) atoms. The number of nitrogens with one attached hydrogen (secondary N) is 1. The van der Waals surface area contributed by atoms with E-state index in [4.69, 9.17) is 16.6 Å². The largest absolute Gasteiger partial charge is 0.352 e. The highest BCUT2D eigenvalue weighted by molar-refractivity contribution is 6.30. The fourth-order valence-electron chi connectivity index (χ4n) is 3.90.